The molecule has 0 radical (unpaired) electrons. The number of carbonyl (C=O) groups excluding carboxylic acids is 1. The van der Waals surface area contributed by atoms with E-state index in [9.17, 15) is 14.7 Å². The Morgan fingerprint density at radius 3 is 2.70 bits per heavy atom. The molecule has 37 heavy (non-hydrogen) atoms. The molecule has 2 heterocycles. The summed E-state index contributed by atoms with van der Waals surface area (Å²) in [4.78, 5) is 32.1. The summed E-state index contributed by atoms with van der Waals surface area (Å²) in [6, 6.07) is 10.1. The number of benzene rings is 2. The highest BCUT2D eigenvalue weighted by molar-refractivity contribution is 14.1. The van der Waals surface area contributed by atoms with E-state index in [1.54, 1.807) is 32.1 Å². The van der Waals surface area contributed by atoms with Crippen molar-refractivity contribution in [3.05, 3.63) is 82.1 Å². The van der Waals surface area contributed by atoms with E-state index in [-0.39, 0.29) is 17.9 Å². The van der Waals surface area contributed by atoms with Crippen molar-refractivity contribution in [3.63, 3.8) is 0 Å². The van der Waals surface area contributed by atoms with Crippen LogP contribution < -0.4 is 24.4 Å². The molecule has 8 nitrogen and oxygen atoms in total. The number of nitrogens with zero attached hydrogens (tertiary/aromatic N) is 2. The van der Waals surface area contributed by atoms with Crippen molar-refractivity contribution in [2.45, 2.75) is 33.2 Å². The zero-order valence-corrected chi connectivity index (χ0v) is 23.9. The van der Waals surface area contributed by atoms with Crippen LogP contribution in [0.3, 0.4) is 0 Å². The van der Waals surface area contributed by atoms with Gasteiger partial charge in [-0.3, -0.25) is 9.36 Å². The number of phenolic OH excluding ortho intramolecular Hbond substituents is 1. The van der Waals surface area contributed by atoms with Crippen molar-refractivity contribution in [2.75, 3.05) is 20.3 Å². The molecule has 3 aromatic rings. The van der Waals surface area contributed by atoms with Gasteiger partial charge in [0.05, 0.1) is 39.7 Å². The average Bonchev–Trinajstić information content (AvgIpc) is 3.18. The second-order valence-corrected chi connectivity index (χ2v) is 10.4. The van der Waals surface area contributed by atoms with E-state index in [4.69, 9.17) is 14.2 Å². The molecule has 1 N–H and O–H groups in total. The minimum absolute atomic E-state index is 0.0418. The van der Waals surface area contributed by atoms with Gasteiger partial charge < -0.3 is 19.3 Å². The summed E-state index contributed by atoms with van der Waals surface area (Å²) in [5.41, 5.74) is 1.86. The van der Waals surface area contributed by atoms with Crippen LogP contribution in [0.25, 0.3) is 6.08 Å². The molecule has 1 atom stereocenters. The summed E-state index contributed by atoms with van der Waals surface area (Å²) >= 11 is 3.24. The van der Waals surface area contributed by atoms with Crippen LogP contribution in [0.2, 0.25) is 0 Å². The van der Waals surface area contributed by atoms with Gasteiger partial charge in [0.15, 0.2) is 16.3 Å². The van der Waals surface area contributed by atoms with Crippen molar-refractivity contribution in [3.8, 4) is 17.2 Å². The molecule has 0 amide bonds. The molecular weight excluding hydrogens is 607 g/mol. The predicted molar refractivity (Wildman–Crippen MR) is 150 cm³/mol. The SMILES string of the molecule is CCCOc1ccccc1C1C(C(=O)OCC)=C(C)N=c2s/c(=C/c3cc(I)c(O)c(OC)c3)c(=O)n21. The highest BCUT2D eigenvalue weighted by atomic mass is 127. The Morgan fingerprint density at radius 1 is 1.24 bits per heavy atom. The van der Waals surface area contributed by atoms with Crippen LogP contribution in [0.15, 0.2) is 57.5 Å². The number of phenols is 1. The molecule has 2 aromatic carbocycles. The minimum Gasteiger partial charge on any atom is -0.504 e. The normalized spacial score (nSPS) is 15.3. The molecule has 0 saturated carbocycles. The fourth-order valence-electron chi connectivity index (χ4n) is 4.12. The smallest absolute Gasteiger partial charge is 0.338 e. The number of aromatic nitrogens is 1. The van der Waals surface area contributed by atoms with E-state index >= 15 is 0 Å². The number of esters is 1. The lowest BCUT2D eigenvalue weighted by atomic mass is 9.95. The van der Waals surface area contributed by atoms with E-state index < -0.39 is 12.0 Å². The standard InChI is InChI=1S/C27H27IN2O6S/c1-5-11-36-19-10-8-7-9-17(19)23-22(26(33)35-6-2)15(3)29-27-30(23)25(32)21(37-27)14-16-12-18(28)24(31)20(13-16)34-4/h7-10,12-14,23,31H,5-6,11H2,1-4H3/b21-14+. The second kappa shape index (κ2) is 11.5. The van der Waals surface area contributed by atoms with Gasteiger partial charge in [-0.2, -0.15) is 0 Å². The van der Waals surface area contributed by atoms with Crippen molar-refractivity contribution < 1.29 is 24.1 Å². The van der Waals surface area contributed by atoms with E-state index in [1.165, 1.54) is 23.0 Å². The number of para-hydroxylation sites is 1. The van der Waals surface area contributed by atoms with Gasteiger partial charge in [0.2, 0.25) is 0 Å². The predicted octanol–water partition coefficient (Wildman–Crippen LogP) is 3.91. The van der Waals surface area contributed by atoms with Gasteiger partial charge >= 0.3 is 5.97 Å². The fourth-order valence-corrected chi connectivity index (χ4v) is 5.79. The number of carbonyl (C=O) groups is 1. The van der Waals surface area contributed by atoms with Crippen molar-refractivity contribution in [2.24, 2.45) is 4.99 Å². The summed E-state index contributed by atoms with van der Waals surface area (Å²) in [7, 11) is 1.47. The van der Waals surface area contributed by atoms with Crippen LogP contribution >= 0.6 is 33.9 Å². The highest BCUT2D eigenvalue weighted by Crippen LogP contribution is 2.36. The van der Waals surface area contributed by atoms with Crippen LogP contribution in [-0.4, -0.2) is 36.0 Å². The molecule has 4 rings (SSSR count). The molecular formula is C27H27IN2O6S. The third kappa shape index (κ3) is 5.30. The monoisotopic (exact) mass is 634 g/mol. The largest absolute Gasteiger partial charge is 0.504 e. The Bertz CT molecular complexity index is 1560. The Morgan fingerprint density at radius 2 is 2.00 bits per heavy atom. The van der Waals surface area contributed by atoms with Crippen molar-refractivity contribution in [1.82, 2.24) is 4.57 Å². The molecule has 0 saturated heterocycles. The van der Waals surface area contributed by atoms with Crippen LogP contribution in [0.4, 0.5) is 0 Å². The maximum atomic E-state index is 13.9. The summed E-state index contributed by atoms with van der Waals surface area (Å²) in [5, 5.41) is 10.2. The number of hydrogen-bond acceptors (Lipinski definition) is 8. The third-order valence-electron chi connectivity index (χ3n) is 5.76. The maximum Gasteiger partial charge on any atom is 0.338 e. The van der Waals surface area contributed by atoms with Gasteiger partial charge in [-0.05, 0) is 72.7 Å². The van der Waals surface area contributed by atoms with Crippen molar-refractivity contribution >= 4 is 46.0 Å². The number of hydrogen-bond donors (Lipinski definition) is 1. The summed E-state index contributed by atoms with van der Waals surface area (Å²) in [5.74, 6) is 0.427. The molecule has 1 unspecified atom stereocenters. The molecule has 1 aliphatic rings. The first-order valence-electron chi connectivity index (χ1n) is 11.8. The first-order chi connectivity index (χ1) is 17.8. The second-order valence-electron chi connectivity index (χ2n) is 8.24. The number of fused-ring (bicyclic) bond motifs is 1. The van der Waals surface area contributed by atoms with Gasteiger partial charge in [0.1, 0.15) is 11.8 Å². The Balaban J connectivity index is 1.97. The summed E-state index contributed by atoms with van der Waals surface area (Å²) < 4.78 is 19.2. The topological polar surface area (TPSA) is 99.4 Å². The van der Waals surface area contributed by atoms with E-state index in [1.807, 2.05) is 53.8 Å². The zero-order valence-electron chi connectivity index (χ0n) is 20.9. The number of thiazole rings is 1. The van der Waals surface area contributed by atoms with E-state index in [2.05, 4.69) is 4.99 Å². The zero-order chi connectivity index (χ0) is 26.7. The average molecular weight is 634 g/mol. The van der Waals surface area contributed by atoms with Gasteiger partial charge in [0, 0.05) is 5.56 Å². The third-order valence-corrected chi connectivity index (χ3v) is 7.57. The molecule has 10 heteroatoms. The summed E-state index contributed by atoms with van der Waals surface area (Å²) in [6.07, 6.45) is 2.54. The number of methoxy groups -OCH3 is 1. The maximum absolute atomic E-state index is 13.9. The fraction of sp³-hybridized carbons (Fsp3) is 0.296. The van der Waals surface area contributed by atoms with E-state index in [0.29, 0.717) is 53.4 Å². The van der Waals surface area contributed by atoms with Crippen LogP contribution in [0.1, 0.15) is 44.4 Å². The lowest BCUT2D eigenvalue weighted by Gasteiger charge is -2.26. The lowest BCUT2D eigenvalue weighted by molar-refractivity contribution is -0.139. The number of ether oxygens (including phenoxy) is 3. The Kier molecular flexibility index (Phi) is 8.38. The first kappa shape index (κ1) is 26.9. The molecule has 1 aliphatic heterocycles. The van der Waals surface area contributed by atoms with Crippen LogP contribution in [0, 0.1) is 3.57 Å². The number of halogens is 1. The molecule has 1 aromatic heterocycles. The number of allylic oxidation sites excluding steroid dienone is 1. The Labute approximate surface area is 231 Å². The molecule has 0 spiro atoms. The van der Waals surface area contributed by atoms with Gasteiger partial charge in [-0.1, -0.05) is 36.5 Å². The van der Waals surface area contributed by atoms with Gasteiger partial charge in [-0.25, -0.2) is 9.79 Å². The van der Waals surface area contributed by atoms with E-state index in [0.717, 1.165) is 6.42 Å². The van der Waals surface area contributed by atoms with Crippen LogP contribution in [0.5, 0.6) is 17.2 Å². The van der Waals surface area contributed by atoms with Crippen LogP contribution in [-0.2, 0) is 9.53 Å². The molecule has 0 aliphatic carbocycles. The lowest BCUT2D eigenvalue weighted by Crippen LogP contribution is -2.40. The van der Waals surface area contributed by atoms with Gasteiger partial charge in [-0.15, -0.1) is 0 Å². The minimum atomic E-state index is -0.764. The summed E-state index contributed by atoms with van der Waals surface area (Å²) in [6.45, 7) is 6.20. The molecule has 0 bridgehead atoms. The number of aromatic hydroxyl groups is 1. The number of rotatable bonds is 8. The Hall–Kier alpha value is -3.12. The highest BCUT2D eigenvalue weighted by Gasteiger charge is 2.35. The first-order valence-corrected chi connectivity index (χ1v) is 13.7. The molecule has 0 fully saturated rings. The quantitative estimate of drug-likeness (QED) is 0.298. The van der Waals surface area contributed by atoms with Crippen molar-refractivity contribution in [1.29, 1.82) is 0 Å². The van der Waals surface area contributed by atoms with Gasteiger partial charge in [0.25, 0.3) is 5.56 Å². The molecule has 194 valence electrons.